The fraction of sp³-hybridized carbons (Fsp3) is 0.952. The summed E-state index contributed by atoms with van der Waals surface area (Å²) in [6.45, 7) is 0. The highest BCUT2D eigenvalue weighted by Gasteiger charge is 2.49. The van der Waals surface area contributed by atoms with Crippen LogP contribution in [-0.4, -0.2) is 18.4 Å². The van der Waals surface area contributed by atoms with E-state index in [1.165, 1.54) is 51.4 Å². The molecular formula is C21H32N2. The molecule has 0 aliphatic heterocycles. The van der Waals surface area contributed by atoms with E-state index in [2.05, 4.69) is 11.7 Å². The Bertz CT molecular complexity index is 454. The molecule has 0 spiro atoms. The summed E-state index contributed by atoms with van der Waals surface area (Å²) in [4.78, 5) is 5.14. The maximum Gasteiger partial charge on any atom is 0.0829 e. The van der Waals surface area contributed by atoms with Gasteiger partial charge in [0.05, 0.1) is 12.4 Å². The first kappa shape index (κ1) is 13.7. The first-order chi connectivity index (χ1) is 11.3. The van der Waals surface area contributed by atoms with Gasteiger partial charge in [0.2, 0.25) is 0 Å². The highest BCUT2D eigenvalue weighted by atomic mass is 15.0. The van der Waals surface area contributed by atoms with Crippen molar-refractivity contribution in [1.29, 1.82) is 0 Å². The maximum absolute atomic E-state index is 5.14. The van der Waals surface area contributed by atoms with E-state index in [1.54, 1.807) is 12.8 Å². The van der Waals surface area contributed by atoms with Gasteiger partial charge in [-0.25, -0.2) is 0 Å². The molecule has 0 aromatic rings. The van der Waals surface area contributed by atoms with Crippen molar-refractivity contribution in [2.45, 2.75) is 76.3 Å². The summed E-state index contributed by atoms with van der Waals surface area (Å²) in [5, 5.41) is 3.83. The molecule has 0 amide bonds. The van der Waals surface area contributed by atoms with Crippen LogP contribution in [0.25, 0.3) is 0 Å². The summed E-state index contributed by atoms with van der Waals surface area (Å²) in [6.07, 6.45) is 17.3. The minimum Gasteiger partial charge on any atom is -0.373 e. The molecule has 126 valence electrons. The van der Waals surface area contributed by atoms with Gasteiger partial charge in [-0.2, -0.15) is 0 Å². The van der Waals surface area contributed by atoms with Crippen molar-refractivity contribution in [1.82, 2.24) is 5.32 Å². The van der Waals surface area contributed by atoms with Crippen molar-refractivity contribution in [3.8, 4) is 0 Å². The van der Waals surface area contributed by atoms with E-state index in [0.29, 0.717) is 6.04 Å². The number of hydrogen-bond acceptors (Lipinski definition) is 1. The maximum atomic E-state index is 5.14. The van der Waals surface area contributed by atoms with Crippen molar-refractivity contribution in [2.75, 3.05) is 0 Å². The van der Waals surface area contributed by atoms with Crippen molar-refractivity contribution in [2.24, 2.45) is 52.3 Å². The SMILES string of the molecule is C(=NC1C2CC3CC(C2)CC1C3)NC1C2CC3CC(C2)CC1C3. The predicted molar refractivity (Wildman–Crippen MR) is 93.3 cm³/mol. The lowest BCUT2D eigenvalue weighted by molar-refractivity contribution is -0.00746. The van der Waals surface area contributed by atoms with Gasteiger partial charge < -0.3 is 5.32 Å². The van der Waals surface area contributed by atoms with Gasteiger partial charge in [-0.1, -0.05) is 0 Å². The van der Waals surface area contributed by atoms with Crippen LogP contribution in [0.4, 0.5) is 0 Å². The number of aliphatic imine (C=N–C) groups is 1. The molecule has 0 unspecified atom stereocenters. The van der Waals surface area contributed by atoms with Gasteiger partial charge in [0.1, 0.15) is 0 Å². The molecule has 0 heterocycles. The second-order valence-corrected chi connectivity index (χ2v) is 10.3. The fourth-order valence-corrected chi connectivity index (χ4v) is 8.55. The Balaban J connectivity index is 1.13. The van der Waals surface area contributed by atoms with Crippen LogP contribution in [0.15, 0.2) is 4.99 Å². The van der Waals surface area contributed by atoms with E-state index in [4.69, 9.17) is 4.99 Å². The Morgan fingerprint density at radius 3 is 1.48 bits per heavy atom. The molecule has 2 heteroatoms. The van der Waals surface area contributed by atoms with E-state index in [-0.39, 0.29) is 0 Å². The van der Waals surface area contributed by atoms with Crippen LogP contribution in [0.2, 0.25) is 0 Å². The third-order valence-electron chi connectivity index (χ3n) is 8.92. The summed E-state index contributed by atoms with van der Waals surface area (Å²) < 4.78 is 0. The molecule has 23 heavy (non-hydrogen) atoms. The number of rotatable bonds is 3. The summed E-state index contributed by atoms with van der Waals surface area (Å²) in [6, 6.07) is 1.44. The lowest BCUT2D eigenvalue weighted by Gasteiger charge is -2.54. The van der Waals surface area contributed by atoms with Gasteiger partial charge in [0.15, 0.2) is 0 Å². The smallest absolute Gasteiger partial charge is 0.0829 e. The monoisotopic (exact) mass is 312 g/mol. The van der Waals surface area contributed by atoms with Gasteiger partial charge in [-0.15, -0.1) is 0 Å². The van der Waals surface area contributed by atoms with Crippen molar-refractivity contribution in [3.63, 3.8) is 0 Å². The molecule has 8 aliphatic carbocycles. The molecule has 0 radical (unpaired) electrons. The molecular weight excluding hydrogens is 280 g/mol. The van der Waals surface area contributed by atoms with Crippen molar-refractivity contribution in [3.05, 3.63) is 0 Å². The number of hydrogen-bond donors (Lipinski definition) is 1. The van der Waals surface area contributed by atoms with E-state index >= 15 is 0 Å². The van der Waals surface area contributed by atoms with Crippen molar-refractivity contribution < 1.29 is 0 Å². The van der Waals surface area contributed by atoms with Gasteiger partial charge in [-0.3, -0.25) is 4.99 Å². The standard InChI is InChI=1S/C21H32N2/c1-12-3-16-5-13(1)6-17(4-12)20(16)22-11-23-21-18-7-14-2-15(9-18)10-19(21)8-14/h11-21H,1-10H2,(H,22,23). The first-order valence-electron chi connectivity index (χ1n) is 10.6. The van der Waals surface area contributed by atoms with Crippen LogP contribution < -0.4 is 5.32 Å². The normalized spacial score (nSPS) is 59.1. The molecule has 8 fully saturated rings. The van der Waals surface area contributed by atoms with Crippen molar-refractivity contribution >= 4 is 6.34 Å². The second-order valence-electron chi connectivity index (χ2n) is 10.3. The third kappa shape index (κ3) is 2.15. The molecule has 0 saturated heterocycles. The lowest BCUT2D eigenvalue weighted by atomic mass is 9.54. The summed E-state index contributed by atoms with van der Waals surface area (Å²) in [5.41, 5.74) is 0. The molecule has 0 aromatic heterocycles. The minimum atomic E-state index is 0.673. The Labute approximate surface area is 140 Å². The second kappa shape index (κ2) is 4.99. The predicted octanol–water partition coefficient (Wildman–Crippen LogP) is 4.25. The van der Waals surface area contributed by atoms with Crippen LogP contribution >= 0.6 is 0 Å². The molecule has 8 saturated carbocycles. The Hall–Kier alpha value is -0.530. The van der Waals surface area contributed by atoms with E-state index in [0.717, 1.165) is 53.4 Å². The number of nitrogens with one attached hydrogen (secondary N) is 1. The largest absolute Gasteiger partial charge is 0.373 e. The Morgan fingerprint density at radius 1 is 0.565 bits per heavy atom. The topological polar surface area (TPSA) is 24.4 Å². The fourth-order valence-electron chi connectivity index (χ4n) is 8.55. The molecule has 1 N–H and O–H groups in total. The molecule has 0 atom stereocenters. The zero-order valence-corrected chi connectivity index (χ0v) is 14.4. The van der Waals surface area contributed by atoms with Gasteiger partial charge in [0.25, 0.3) is 0 Å². The van der Waals surface area contributed by atoms with Crippen LogP contribution in [0, 0.1) is 47.3 Å². The molecule has 0 aromatic carbocycles. The van der Waals surface area contributed by atoms with Crippen LogP contribution in [0.3, 0.4) is 0 Å². The third-order valence-corrected chi connectivity index (χ3v) is 8.92. The number of nitrogens with zero attached hydrogens (tertiary/aromatic N) is 1. The average Bonchev–Trinajstić information content (AvgIpc) is 2.51. The zero-order chi connectivity index (χ0) is 15.0. The van der Waals surface area contributed by atoms with E-state index in [9.17, 15) is 0 Å². The Morgan fingerprint density at radius 2 is 1.00 bits per heavy atom. The van der Waals surface area contributed by atoms with Gasteiger partial charge in [-0.05, 0) is 112 Å². The van der Waals surface area contributed by atoms with Gasteiger partial charge in [0, 0.05) is 6.04 Å². The highest BCUT2D eigenvalue weighted by molar-refractivity contribution is 5.55. The van der Waals surface area contributed by atoms with Crippen LogP contribution in [0.1, 0.15) is 64.2 Å². The lowest BCUT2D eigenvalue weighted by Crippen LogP contribution is -2.54. The molecule has 8 aliphatic rings. The molecule has 2 nitrogen and oxygen atoms in total. The summed E-state index contributed by atoms with van der Waals surface area (Å²) >= 11 is 0. The molecule has 8 bridgehead atoms. The van der Waals surface area contributed by atoms with E-state index in [1.807, 2.05) is 0 Å². The summed E-state index contributed by atoms with van der Waals surface area (Å²) in [7, 11) is 0. The van der Waals surface area contributed by atoms with Crippen LogP contribution in [0.5, 0.6) is 0 Å². The molecule has 8 rings (SSSR count). The Kier molecular flexibility index (Phi) is 2.98. The zero-order valence-electron chi connectivity index (χ0n) is 14.4. The first-order valence-corrected chi connectivity index (χ1v) is 10.6. The van der Waals surface area contributed by atoms with Gasteiger partial charge >= 0.3 is 0 Å². The van der Waals surface area contributed by atoms with E-state index < -0.39 is 0 Å². The quantitative estimate of drug-likeness (QED) is 0.611. The van der Waals surface area contributed by atoms with Crippen LogP contribution in [-0.2, 0) is 0 Å². The minimum absolute atomic E-state index is 0.673. The highest BCUT2D eigenvalue weighted by Crippen LogP contribution is 2.55. The summed E-state index contributed by atoms with van der Waals surface area (Å²) in [5.74, 6) is 8.11. The average molecular weight is 313 g/mol.